The number of unbranched alkanes of at least 4 members (excludes halogenated alkanes) is 1. The number of benzene rings is 1. The molecule has 1 saturated heterocycles. The predicted octanol–water partition coefficient (Wildman–Crippen LogP) is 3.20. The summed E-state index contributed by atoms with van der Waals surface area (Å²) in [5.41, 5.74) is 1.20. The lowest BCUT2D eigenvalue weighted by Crippen LogP contribution is -2.34. The number of aromatic amines is 1. The number of likely N-dealkylation sites (tertiary alicyclic amines) is 1. The molecule has 1 fully saturated rings. The Hall–Kier alpha value is -3.17. The zero-order chi connectivity index (χ0) is 23.2. The fourth-order valence-corrected chi connectivity index (χ4v) is 6.48. The summed E-state index contributed by atoms with van der Waals surface area (Å²) in [6.45, 7) is 4.04. The lowest BCUT2D eigenvalue weighted by molar-refractivity contribution is 0.209. The summed E-state index contributed by atoms with van der Waals surface area (Å²) in [5.74, 6) is 2.71. The topological polar surface area (TPSA) is 89.5 Å². The number of hydrogen-bond donors (Lipinski definition) is 1. The fourth-order valence-electron chi connectivity index (χ4n) is 5.43. The molecule has 0 spiro atoms. The number of thiophene rings is 1. The Morgan fingerprint density at radius 1 is 1.18 bits per heavy atom. The third kappa shape index (κ3) is 3.50. The van der Waals surface area contributed by atoms with Crippen LogP contribution in [0.4, 0.5) is 0 Å². The molecule has 8 nitrogen and oxygen atoms in total. The van der Waals surface area contributed by atoms with E-state index in [0.29, 0.717) is 28.6 Å². The van der Waals surface area contributed by atoms with Crippen LogP contribution in [-0.4, -0.2) is 52.8 Å². The maximum atomic E-state index is 13.0. The molecule has 0 unspecified atom stereocenters. The minimum atomic E-state index is -0.353. The molecule has 2 aliphatic rings. The van der Waals surface area contributed by atoms with Gasteiger partial charge < -0.3 is 19.4 Å². The van der Waals surface area contributed by atoms with E-state index in [1.54, 1.807) is 13.3 Å². The molecule has 34 heavy (non-hydrogen) atoms. The zero-order valence-electron chi connectivity index (χ0n) is 19.0. The quantitative estimate of drug-likeness (QED) is 0.428. The molecule has 176 valence electrons. The number of ether oxygens (including phenoxy) is 2. The van der Waals surface area contributed by atoms with Gasteiger partial charge in [0.05, 0.1) is 19.2 Å². The van der Waals surface area contributed by atoms with E-state index in [1.807, 2.05) is 30.3 Å². The highest BCUT2D eigenvalue weighted by Crippen LogP contribution is 2.46. The van der Waals surface area contributed by atoms with E-state index in [4.69, 9.17) is 9.47 Å². The third-order valence-corrected chi connectivity index (χ3v) is 8.18. The van der Waals surface area contributed by atoms with Gasteiger partial charge in [0.15, 0.2) is 0 Å². The highest BCUT2D eigenvalue weighted by atomic mass is 32.1. The number of nitrogens with one attached hydrogen (secondary N) is 1. The van der Waals surface area contributed by atoms with Crippen LogP contribution in [0.25, 0.3) is 20.4 Å². The first-order valence-electron chi connectivity index (χ1n) is 11.7. The van der Waals surface area contributed by atoms with Crippen molar-refractivity contribution in [2.45, 2.75) is 25.3 Å². The minimum absolute atomic E-state index is 0.227. The standard InChI is InChI=1S/C25H26N4O4S/c1-32-18-7-4-8-19-20(18)17-13-28(12-15(17)14-33-19)10-2-3-11-29-24(30)22-21(27-25(29)31)16-6-5-9-26-23(16)34-22/h4-9,15,17H,2-3,10-14H2,1H3,(H,27,31)/t15-,17+/m0/s1. The summed E-state index contributed by atoms with van der Waals surface area (Å²) in [5, 5.41) is 0.821. The molecule has 0 radical (unpaired) electrons. The van der Waals surface area contributed by atoms with Crippen molar-refractivity contribution in [3.63, 3.8) is 0 Å². The Labute approximate surface area is 199 Å². The number of methoxy groups -OCH3 is 1. The molecule has 3 aromatic heterocycles. The number of H-pyrrole nitrogens is 1. The van der Waals surface area contributed by atoms with Crippen LogP contribution in [0.15, 0.2) is 46.1 Å². The van der Waals surface area contributed by atoms with Gasteiger partial charge in [-0.3, -0.25) is 9.36 Å². The van der Waals surface area contributed by atoms with Crippen molar-refractivity contribution in [3.8, 4) is 11.5 Å². The number of fused-ring (bicyclic) bond motifs is 6. The van der Waals surface area contributed by atoms with Gasteiger partial charge in [-0.2, -0.15) is 0 Å². The van der Waals surface area contributed by atoms with Crippen LogP contribution < -0.4 is 20.7 Å². The predicted molar refractivity (Wildman–Crippen MR) is 132 cm³/mol. The molecule has 2 atom stereocenters. The summed E-state index contributed by atoms with van der Waals surface area (Å²) < 4.78 is 13.5. The van der Waals surface area contributed by atoms with Crippen LogP contribution in [0.5, 0.6) is 11.5 Å². The molecule has 2 aliphatic heterocycles. The van der Waals surface area contributed by atoms with Crippen molar-refractivity contribution < 1.29 is 9.47 Å². The van der Waals surface area contributed by atoms with Gasteiger partial charge in [-0.25, -0.2) is 9.78 Å². The number of hydrogen-bond acceptors (Lipinski definition) is 7. The summed E-state index contributed by atoms with van der Waals surface area (Å²) >= 11 is 1.33. The molecule has 1 aromatic carbocycles. The monoisotopic (exact) mass is 478 g/mol. The average Bonchev–Trinajstić information content (AvgIpc) is 3.44. The highest BCUT2D eigenvalue weighted by molar-refractivity contribution is 7.25. The summed E-state index contributed by atoms with van der Waals surface area (Å²) in [6.07, 6.45) is 3.38. The molecule has 0 bridgehead atoms. The maximum Gasteiger partial charge on any atom is 0.328 e. The van der Waals surface area contributed by atoms with Crippen LogP contribution in [0.1, 0.15) is 24.3 Å². The second-order valence-electron chi connectivity index (χ2n) is 9.07. The number of aromatic nitrogens is 3. The fraction of sp³-hybridized carbons (Fsp3) is 0.400. The van der Waals surface area contributed by atoms with Gasteiger partial charge >= 0.3 is 5.69 Å². The van der Waals surface area contributed by atoms with E-state index < -0.39 is 0 Å². The number of nitrogens with zero attached hydrogens (tertiary/aromatic N) is 3. The minimum Gasteiger partial charge on any atom is -0.496 e. The Morgan fingerprint density at radius 2 is 2.06 bits per heavy atom. The van der Waals surface area contributed by atoms with E-state index in [2.05, 4.69) is 14.9 Å². The van der Waals surface area contributed by atoms with Gasteiger partial charge in [0.25, 0.3) is 5.56 Å². The third-order valence-electron chi connectivity index (χ3n) is 7.08. The van der Waals surface area contributed by atoms with Gasteiger partial charge in [0.1, 0.15) is 21.0 Å². The summed E-state index contributed by atoms with van der Waals surface area (Å²) in [4.78, 5) is 36.1. The first-order valence-corrected chi connectivity index (χ1v) is 12.5. The molecule has 9 heteroatoms. The van der Waals surface area contributed by atoms with Crippen LogP contribution in [-0.2, 0) is 6.54 Å². The molecule has 0 aliphatic carbocycles. The Kier molecular flexibility index (Phi) is 5.38. The van der Waals surface area contributed by atoms with Gasteiger partial charge in [0.2, 0.25) is 0 Å². The largest absolute Gasteiger partial charge is 0.496 e. The lowest BCUT2D eigenvalue weighted by Gasteiger charge is -2.29. The van der Waals surface area contributed by atoms with Gasteiger partial charge in [0, 0.05) is 48.6 Å². The first kappa shape index (κ1) is 21.4. The van der Waals surface area contributed by atoms with Crippen molar-refractivity contribution in [3.05, 3.63) is 62.9 Å². The molecular formula is C25H26N4O4S. The Bertz CT molecular complexity index is 1480. The van der Waals surface area contributed by atoms with Crippen molar-refractivity contribution in [1.29, 1.82) is 0 Å². The number of pyridine rings is 1. The van der Waals surface area contributed by atoms with E-state index in [9.17, 15) is 9.59 Å². The molecule has 0 amide bonds. The zero-order valence-corrected chi connectivity index (χ0v) is 19.8. The van der Waals surface area contributed by atoms with Crippen LogP contribution in [0.3, 0.4) is 0 Å². The molecular weight excluding hydrogens is 452 g/mol. The number of rotatable bonds is 6. The molecule has 0 saturated carbocycles. The summed E-state index contributed by atoms with van der Waals surface area (Å²) in [7, 11) is 1.71. The van der Waals surface area contributed by atoms with Crippen molar-refractivity contribution in [2.24, 2.45) is 5.92 Å². The van der Waals surface area contributed by atoms with E-state index in [-0.39, 0.29) is 11.2 Å². The smallest absolute Gasteiger partial charge is 0.328 e. The van der Waals surface area contributed by atoms with Crippen molar-refractivity contribution in [2.75, 3.05) is 33.4 Å². The van der Waals surface area contributed by atoms with Crippen LogP contribution >= 0.6 is 11.3 Å². The van der Waals surface area contributed by atoms with Gasteiger partial charge in [-0.05, 0) is 43.7 Å². The normalized spacial score (nSPS) is 19.8. The first-order chi connectivity index (χ1) is 16.6. The average molecular weight is 479 g/mol. The van der Waals surface area contributed by atoms with Gasteiger partial charge in [-0.15, -0.1) is 11.3 Å². The highest BCUT2D eigenvalue weighted by Gasteiger charge is 2.40. The second-order valence-corrected chi connectivity index (χ2v) is 10.1. The Balaban J connectivity index is 1.12. The Morgan fingerprint density at radius 3 is 2.94 bits per heavy atom. The molecule has 1 N–H and O–H groups in total. The van der Waals surface area contributed by atoms with Crippen molar-refractivity contribution in [1.82, 2.24) is 19.4 Å². The van der Waals surface area contributed by atoms with Gasteiger partial charge in [-0.1, -0.05) is 6.07 Å². The maximum absolute atomic E-state index is 13.0. The lowest BCUT2D eigenvalue weighted by atomic mass is 9.86. The second kappa shape index (κ2) is 8.56. The molecule has 6 rings (SSSR count). The molecule has 4 aromatic rings. The van der Waals surface area contributed by atoms with Crippen LogP contribution in [0, 0.1) is 5.92 Å². The molecule has 5 heterocycles. The van der Waals surface area contributed by atoms with E-state index >= 15 is 0 Å². The van der Waals surface area contributed by atoms with Crippen molar-refractivity contribution >= 4 is 31.8 Å². The van der Waals surface area contributed by atoms with Crippen LogP contribution in [0.2, 0.25) is 0 Å². The van der Waals surface area contributed by atoms with E-state index in [1.165, 1.54) is 21.5 Å². The SMILES string of the molecule is COc1cccc2c1[C@@H]1CN(CCCCn3c(=O)[nH]c4c(sc5ncccc54)c3=O)C[C@H]1CO2. The summed E-state index contributed by atoms with van der Waals surface area (Å²) in [6, 6.07) is 9.70. The van der Waals surface area contributed by atoms with E-state index in [0.717, 1.165) is 60.8 Å².